The van der Waals surface area contributed by atoms with Crippen LogP contribution in [0, 0.1) is 10.1 Å². The number of benzene rings is 2. The Morgan fingerprint density at radius 2 is 1.80 bits per heavy atom. The normalized spacial score (nSPS) is 14.6. The van der Waals surface area contributed by atoms with Crippen molar-refractivity contribution >= 4 is 11.6 Å². The van der Waals surface area contributed by atoms with Gasteiger partial charge in [-0.1, -0.05) is 24.3 Å². The molecule has 154 valence electrons. The van der Waals surface area contributed by atoms with Crippen molar-refractivity contribution in [2.45, 2.75) is 18.8 Å². The van der Waals surface area contributed by atoms with E-state index in [1.165, 1.54) is 22.9 Å². The van der Waals surface area contributed by atoms with Crippen molar-refractivity contribution < 1.29 is 9.72 Å². The molecule has 3 aromatic rings. The van der Waals surface area contributed by atoms with Crippen LogP contribution in [-0.2, 0) is 7.05 Å². The van der Waals surface area contributed by atoms with Crippen molar-refractivity contribution in [3.8, 4) is 5.69 Å². The number of para-hydroxylation sites is 1. The highest BCUT2D eigenvalue weighted by atomic mass is 16.6. The standard InChI is InChI=1S/C21H21N5O4/c1-23-21(28)25(17-7-3-2-4-8-17)19(22-23)15-10-12-24(13-11-15)20(27)16-6-5-9-18(14-16)26(29)30/h2-9,14-15H,10-13H2,1H3. The van der Waals surface area contributed by atoms with Gasteiger partial charge >= 0.3 is 5.69 Å². The summed E-state index contributed by atoms with van der Waals surface area (Å²) in [5.74, 6) is 0.503. The first kappa shape index (κ1) is 19.6. The molecule has 0 unspecified atom stereocenters. The lowest BCUT2D eigenvalue weighted by Gasteiger charge is -2.31. The maximum atomic E-state index is 12.8. The lowest BCUT2D eigenvalue weighted by molar-refractivity contribution is -0.384. The van der Waals surface area contributed by atoms with E-state index in [1.54, 1.807) is 22.6 Å². The molecule has 1 aliphatic heterocycles. The number of nitro benzene ring substituents is 1. The van der Waals surface area contributed by atoms with Gasteiger partial charge in [-0.3, -0.25) is 14.9 Å². The van der Waals surface area contributed by atoms with E-state index in [1.807, 2.05) is 30.3 Å². The number of rotatable bonds is 4. The third-order valence-corrected chi connectivity index (χ3v) is 5.42. The number of hydrogen-bond acceptors (Lipinski definition) is 5. The van der Waals surface area contributed by atoms with Crippen LogP contribution in [0.4, 0.5) is 5.69 Å². The zero-order valence-electron chi connectivity index (χ0n) is 16.5. The third kappa shape index (κ3) is 3.61. The molecule has 0 atom stereocenters. The summed E-state index contributed by atoms with van der Waals surface area (Å²) < 4.78 is 2.96. The molecule has 1 fully saturated rings. The number of aryl methyl sites for hydroxylation is 1. The minimum absolute atomic E-state index is 0.0354. The van der Waals surface area contributed by atoms with Gasteiger partial charge in [0.2, 0.25) is 0 Å². The maximum Gasteiger partial charge on any atom is 0.350 e. The highest BCUT2D eigenvalue weighted by Gasteiger charge is 2.29. The van der Waals surface area contributed by atoms with Crippen LogP contribution in [0.15, 0.2) is 59.4 Å². The molecule has 1 saturated heterocycles. The lowest BCUT2D eigenvalue weighted by Crippen LogP contribution is -2.38. The van der Waals surface area contributed by atoms with Gasteiger partial charge in [0.05, 0.1) is 10.6 Å². The fourth-order valence-corrected chi connectivity index (χ4v) is 3.84. The molecule has 0 bridgehead atoms. The number of amides is 1. The summed E-state index contributed by atoms with van der Waals surface area (Å²) in [5, 5.41) is 15.4. The minimum Gasteiger partial charge on any atom is -0.339 e. The van der Waals surface area contributed by atoms with E-state index in [0.29, 0.717) is 37.3 Å². The van der Waals surface area contributed by atoms with Crippen LogP contribution >= 0.6 is 0 Å². The fourth-order valence-electron chi connectivity index (χ4n) is 3.84. The van der Waals surface area contributed by atoms with E-state index in [2.05, 4.69) is 5.10 Å². The Hall–Kier alpha value is -3.75. The third-order valence-electron chi connectivity index (χ3n) is 5.42. The molecule has 1 aliphatic rings. The average Bonchev–Trinajstić information content (AvgIpc) is 3.08. The number of non-ortho nitro benzene ring substituents is 1. The first-order valence-electron chi connectivity index (χ1n) is 9.71. The molecule has 2 aromatic carbocycles. The first-order valence-corrected chi connectivity index (χ1v) is 9.71. The molecule has 0 saturated carbocycles. The number of likely N-dealkylation sites (tertiary alicyclic amines) is 1. The van der Waals surface area contributed by atoms with Crippen LogP contribution in [0.5, 0.6) is 0 Å². The number of nitrogens with zero attached hydrogens (tertiary/aromatic N) is 5. The van der Waals surface area contributed by atoms with Gasteiger partial charge in [-0.15, -0.1) is 0 Å². The fraction of sp³-hybridized carbons (Fsp3) is 0.286. The summed E-state index contributed by atoms with van der Waals surface area (Å²) >= 11 is 0. The Kier molecular flexibility index (Phi) is 5.18. The van der Waals surface area contributed by atoms with Gasteiger partial charge in [0.15, 0.2) is 0 Å². The first-order chi connectivity index (χ1) is 14.5. The van der Waals surface area contributed by atoms with E-state index >= 15 is 0 Å². The van der Waals surface area contributed by atoms with Gasteiger partial charge in [-0.05, 0) is 31.0 Å². The largest absolute Gasteiger partial charge is 0.350 e. The number of hydrogen-bond donors (Lipinski definition) is 0. The van der Waals surface area contributed by atoms with Crippen LogP contribution in [0.25, 0.3) is 5.69 Å². The van der Waals surface area contributed by atoms with Crippen molar-refractivity contribution in [3.63, 3.8) is 0 Å². The van der Waals surface area contributed by atoms with E-state index in [4.69, 9.17) is 0 Å². The Labute approximate surface area is 172 Å². The molecule has 0 radical (unpaired) electrons. The summed E-state index contributed by atoms with van der Waals surface area (Å²) in [7, 11) is 1.63. The Morgan fingerprint density at radius 1 is 1.10 bits per heavy atom. The second kappa shape index (κ2) is 7.94. The van der Waals surface area contributed by atoms with Crippen LogP contribution < -0.4 is 5.69 Å². The minimum atomic E-state index is -0.507. The molecule has 0 spiro atoms. The number of carbonyl (C=O) groups excluding carboxylic acids is 1. The number of aromatic nitrogens is 3. The van der Waals surface area contributed by atoms with Crippen molar-refractivity contribution in [3.05, 3.63) is 86.6 Å². The summed E-state index contributed by atoms with van der Waals surface area (Å²) in [5.41, 5.74) is 0.768. The van der Waals surface area contributed by atoms with E-state index in [0.717, 1.165) is 5.69 Å². The van der Waals surface area contributed by atoms with Crippen molar-refractivity contribution in [1.29, 1.82) is 0 Å². The molecule has 0 aliphatic carbocycles. The lowest BCUT2D eigenvalue weighted by atomic mass is 9.95. The Balaban J connectivity index is 1.53. The highest BCUT2D eigenvalue weighted by Crippen LogP contribution is 2.28. The summed E-state index contributed by atoms with van der Waals surface area (Å²) in [6.07, 6.45) is 1.31. The summed E-state index contributed by atoms with van der Waals surface area (Å²) in [4.78, 5) is 37.6. The molecule has 1 amide bonds. The monoisotopic (exact) mass is 407 g/mol. The highest BCUT2D eigenvalue weighted by molar-refractivity contribution is 5.94. The molecule has 30 heavy (non-hydrogen) atoms. The quantitative estimate of drug-likeness (QED) is 0.488. The molecule has 4 rings (SSSR count). The predicted molar refractivity (Wildman–Crippen MR) is 110 cm³/mol. The van der Waals surface area contributed by atoms with E-state index in [-0.39, 0.29) is 23.2 Å². The second-order valence-electron chi connectivity index (χ2n) is 7.31. The molecular formula is C21H21N5O4. The average molecular weight is 407 g/mol. The molecule has 1 aromatic heterocycles. The molecular weight excluding hydrogens is 386 g/mol. The van der Waals surface area contributed by atoms with Gasteiger partial charge in [-0.25, -0.2) is 14.0 Å². The smallest absolute Gasteiger partial charge is 0.339 e. The molecule has 0 N–H and O–H groups in total. The molecule has 2 heterocycles. The Bertz CT molecular complexity index is 1140. The van der Waals surface area contributed by atoms with E-state index in [9.17, 15) is 19.7 Å². The van der Waals surface area contributed by atoms with Gasteiger partial charge in [0.25, 0.3) is 11.6 Å². The predicted octanol–water partition coefficient (Wildman–Crippen LogP) is 2.50. The molecule has 9 heteroatoms. The van der Waals surface area contributed by atoms with Crippen LogP contribution in [-0.4, -0.2) is 43.2 Å². The van der Waals surface area contributed by atoms with Crippen LogP contribution in [0.1, 0.15) is 34.9 Å². The van der Waals surface area contributed by atoms with Crippen LogP contribution in [0.3, 0.4) is 0 Å². The van der Waals surface area contributed by atoms with Gasteiger partial charge in [-0.2, -0.15) is 5.10 Å². The summed E-state index contributed by atoms with van der Waals surface area (Å²) in [6.45, 7) is 0.984. The maximum absolute atomic E-state index is 12.8. The van der Waals surface area contributed by atoms with Gasteiger partial charge < -0.3 is 4.90 Å². The SMILES string of the molecule is Cn1nc(C2CCN(C(=O)c3cccc([N+](=O)[O-])c3)CC2)n(-c2ccccc2)c1=O. The van der Waals surface area contributed by atoms with Crippen molar-refractivity contribution in [2.75, 3.05) is 13.1 Å². The van der Waals surface area contributed by atoms with Gasteiger partial charge in [0, 0.05) is 43.8 Å². The van der Waals surface area contributed by atoms with Crippen LogP contribution in [0.2, 0.25) is 0 Å². The number of piperidine rings is 1. The summed E-state index contributed by atoms with van der Waals surface area (Å²) in [6, 6.07) is 15.2. The number of carbonyl (C=O) groups is 1. The Morgan fingerprint density at radius 3 is 2.47 bits per heavy atom. The number of nitro groups is 1. The van der Waals surface area contributed by atoms with Gasteiger partial charge in [0.1, 0.15) is 5.82 Å². The molecule has 9 nitrogen and oxygen atoms in total. The zero-order chi connectivity index (χ0) is 21.3. The zero-order valence-corrected chi connectivity index (χ0v) is 16.5. The van der Waals surface area contributed by atoms with E-state index < -0.39 is 4.92 Å². The second-order valence-corrected chi connectivity index (χ2v) is 7.31. The van der Waals surface area contributed by atoms with Crippen molar-refractivity contribution in [1.82, 2.24) is 19.2 Å². The topological polar surface area (TPSA) is 103 Å². The van der Waals surface area contributed by atoms with Crippen molar-refractivity contribution in [2.24, 2.45) is 7.05 Å².